The summed E-state index contributed by atoms with van der Waals surface area (Å²) in [5, 5.41) is 0. The average molecular weight is 296 g/mol. The summed E-state index contributed by atoms with van der Waals surface area (Å²) in [5.74, 6) is 0. The van der Waals surface area contributed by atoms with Crippen LogP contribution in [0.5, 0.6) is 0 Å². The van der Waals surface area contributed by atoms with Crippen LogP contribution in [0, 0.1) is 0 Å². The lowest BCUT2D eigenvalue weighted by molar-refractivity contribution is 0.589. The minimum absolute atomic E-state index is 0.0409. The second-order valence-corrected chi connectivity index (χ2v) is 7.24. The summed E-state index contributed by atoms with van der Waals surface area (Å²) in [5.41, 5.74) is 11.6. The van der Waals surface area contributed by atoms with Crippen LogP contribution in [0.1, 0.15) is 43.5 Å². The highest BCUT2D eigenvalue weighted by molar-refractivity contribution is 5.46. The first-order chi connectivity index (χ1) is 10.3. The fraction of sp³-hybridized carbons (Fsp3) is 0.400. The van der Waals surface area contributed by atoms with E-state index in [0.29, 0.717) is 0 Å². The van der Waals surface area contributed by atoms with Crippen molar-refractivity contribution in [3.8, 4) is 0 Å². The summed E-state index contributed by atoms with van der Waals surface area (Å²) in [7, 11) is 4.11. The SMILES string of the molecule is CN(C)c1ccc(CC(N)c2ccc(C(C)(C)C)cc2)cc1. The lowest BCUT2D eigenvalue weighted by Crippen LogP contribution is -2.15. The second kappa shape index (κ2) is 6.53. The van der Waals surface area contributed by atoms with Crippen molar-refractivity contribution >= 4 is 5.69 Å². The van der Waals surface area contributed by atoms with Crippen molar-refractivity contribution in [2.24, 2.45) is 5.73 Å². The van der Waals surface area contributed by atoms with Crippen LogP contribution in [0.2, 0.25) is 0 Å². The Morgan fingerprint density at radius 2 is 1.45 bits per heavy atom. The minimum Gasteiger partial charge on any atom is -0.378 e. The summed E-state index contributed by atoms with van der Waals surface area (Å²) >= 11 is 0. The first-order valence-electron chi connectivity index (χ1n) is 7.89. The van der Waals surface area contributed by atoms with Crippen LogP contribution in [0.4, 0.5) is 5.69 Å². The van der Waals surface area contributed by atoms with Gasteiger partial charge in [0.15, 0.2) is 0 Å². The molecule has 0 aliphatic carbocycles. The van der Waals surface area contributed by atoms with E-state index in [4.69, 9.17) is 5.73 Å². The van der Waals surface area contributed by atoms with Crippen LogP contribution >= 0.6 is 0 Å². The number of nitrogens with two attached hydrogens (primary N) is 1. The minimum atomic E-state index is 0.0409. The van der Waals surface area contributed by atoms with Gasteiger partial charge in [0, 0.05) is 25.8 Å². The predicted octanol–water partition coefficient (Wildman–Crippen LogP) is 4.29. The van der Waals surface area contributed by atoms with Crippen LogP contribution in [0.3, 0.4) is 0 Å². The van der Waals surface area contributed by atoms with E-state index in [1.54, 1.807) is 0 Å². The molecule has 2 rings (SSSR count). The van der Waals surface area contributed by atoms with Gasteiger partial charge in [-0.1, -0.05) is 57.2 Å². The van der Waals surface area contributed by atoms with Gasteiger partial charge in [-0.3, -0.25) is 0 Å². The third kappa shape index (κ3) is 4.11. The number of hydrogen-bond donors (Lipinski definition) is 1. The molecule has 0 aliphatic heterocycles. The predicted molar refractivity (Wildman–Crippen MR) is 96.5 cm³/mol. The second-order valence-electron chi connectivity index (χ2n) is 7.24. The molecule has 118 valence electrons. The maximum Gasteiger partial charge on any atom is 0.0361 e. The number of hydrogen-bond acceptors (Lipinski definition) is 2. The van der Waals surface area contributed by atoms with Crippen molar-refractivity contribution in [2.45, 2.75) is 38.6 Å². The highest BCUT2D eigenvalue weighted by Gasteiger charge is 2.14. The van der Waals surface area contributed by atoms with Gasteiger partial charge in [-0.05, 0) is 40.7 Å². The average Bonchev–Trinajstić information content (AvgIpc) is 2.47. The molecular weight excluding hydrogens is 268 g/mol. The number of benzene rings is 2. The highest BCUT2D eigenvalue weighted by Crippen LogP contribution is 2.24. The number of anilines is 1. The van der Waals surface area contributed by atoms with Crippen molar-refractivity contribution in [2.75, 3.05) is 19.0 Å². The van der Waals surface area contributed by atoms with Crippen molar-refractivity contribution in [3.63, 3.8) is 0 Å². The molecule has 2 nitrogen and oxygen atoms in total. The molecule has 0 aromatic heterocycles. The molecule has 2 aromatic rings. The van der Waals surface area contributed by atoms with Crippen molar-refractivity contribution in [3.05, 3.63) is 65.2 Å². The smallest absolute Gasteiger partial charge is 0.0361 e. The Morgan fingerprint density at radius 3 is 1.91 bits per heavy atom. The van der Waals surface area contributed by atoms with Gasteiger partial charge >= 0.3 is 0 Å². The van der Waals surface area contributed by atoms with Crippen LogP contribution < -0.4 is 10.6 Å². The molecule has 0 fully saturated rings. The van der Waals surface area contributed by atoms with Gasteiger partial charge in [0.1, 0.15) is 0 Å². The number of rotatable bonds is 4. The fourth-order valence-corrected chi connectivity index (χ4v) is 2.53. The lowest BCUT2D eigenvalue weighted by Gasteiger charge is -2.20. The van der Waals surface area contributed by atoms with Gasteiger partial charge in [0.25, 0.3) is 0 Å². The molecule has 2 aromatic carbocycles. The molecule has 0 heterocycles. The molecule has 0 spiro atoms. The molecule has 2 heteroatoms. The zero-order valence-corrected chi connectivity index (χ0v) is 14.4. The van der Waals surface area contributed by atoms with Crippen molar-refractivity contribution < 1.29 is 0 Å². The molecule has 0 saturated carbocycles. The van der Waals surface area contributed by atoms with E-state index in [1.165, 1.54) is 22.4 Å². The summed E-state index contributed by atoms with van der Waals surface area (Å²) in [6.07, 6.45) is 0.864. The lowest BCUT2D eigenvalue weighted by atomic mass is 9.86. The quantitative estimate of drug-likeness (QED) is 0.912. The molecular formula is C20H28N2. The molecule has 0 amide bonds. The Bertz CT molecular complexity index is 589. The summed E-state index contributed by atoms with van der Waals surface area (Å²) in [6.45, 7) is 6.69. The van der Waals surface area contributed by atoms with Crippen molar-refractivity contribution in [1.82, 2.24) is 0 Å². The Hall–Kier alpha value is -1.80. The van der Waals surface area contributed by atoms with E-state index >= 15 is 0 Å². The van der Waals surface area contributed by atoms with Gasteiger partial charge < -0.3 is 10.6 Å². The van der Waals surface area contributed by atoms with Gasteiger partial charge in [-0.2, -0.15) is 0 Å². The first kappa shape index (κ1) is 16.6. The Labute approximate surface area is 135 Å². The molecule has 0 aliphatic rings. The van der Waals surface area contributed by atoms with Gasteiger partial charge in [0.2, 0.25) is 0 Å². The standard InChI is InChI=1S/C20H28N2/c1-20(2,3)17-10-8-16(9-11-17)19(21)14-15-6-12-18(13-7-15)22(4)5/h6-13,19H,14,21H2,1-5H3. The Balaban J connectivity index is 2.07. The Kier molecular flexibility index (Phi) is 4.92. The third-order valence-electron chi connectivity index (χ3n) is 4.11. The highest BCUT2D eigenvalue weighted by atomic mass is 15.1. The first-order valence-corrected chi connectivity index (χ1v) is 7.89. The summed E-state index contributed by atoms with van der Waals surface area (Å²) in [6, 6.07) is 17.4. The van der Waals surface area contributed by atoms with Gasteiger partial charge in [0.05, 0.1) is 0 Å². The molecule has 1 unspecified atom stereocenters. The zero-order chi connectivity index (χ0) is 16.3. The summed E-state index contributed by atoms with van der Waals surface area (Å²) < 4.78 is 0. The molecule has 2 N–H and O–H groups in total. The molecule has 0 radical (unpaired) electrons. The zero-order valence-electron chi connectivity index (χ0n) is 14.4. The largest absolute Gasteiger partial charge is 0.378 e. The van der Waals surface area contributed by atoms with Gasteiger partial charge in [-0.25, -0.2) is 0 Å². The van der Waals surface area contributed by atoms with E-state index < -0.39 is 0 Å². The van der Waals surface area contributed by atoms with Crippen LogP contribution in [-0.4, -0.2) is 14.1 Å². The maximum atomic E-state index is 6.37. The monoisotopic (exact) mass is 296 g/mol. The molecule has 1 atom stereocenters. The van der Waals surface area contributed by atoms with Crippen molar-refractivity contribution in [1.29, 1.82) is 0 Å². The van der Waals surface area contributed by atoms with E-state index in [-0.39, 0.29) is 11.5 Å². The van der Waals surface area contributed by atoms with E-state index in [1.807, 2.05) is 0 Å². The normalized spacial score (nSPS) is 13.0. The molecule has 0 bridgehead atoms. The topological polar surface area (TPSA) is 29.3 Å². The Morgan fingerprint density at radius 1 is 0.909 bits per heavy atom. The molecule has 22 heavy (non-hydrogen) atoms. The molecule has 0 saturated heterocycles. The van der Waals surface area contributed by atoms with Crippen LogP contribution in [0.25, 0.3) is 0 Å². The third-order valence-corrected chi connectivity index (χ3v) is 4.11. The van der Waals surface area contributed by atoms with E-state index in [9.17, 15) is 0 Å². The summed E-state index contributed by atoms with van der Waals surface area (Å²) in [4.78, 5) is 2.11. The van der Waals surface area contributed by atoms with Crippen LogP contribution in [0.15, 0.2) is 48.5 Å². The maximum absolute atomic E-state index is 6.37. The fourth-order valence-electron chi connectivity index (χ4n) is 2.53. The van der Waals surface area contributed by atoms with Crippen LogP contribution in [-0.2, 0) is 11.8 Å². The van der Waals surface area contributed by atoms with E-state index in [2.05, 4.69) is 88.3 Å². The van der Waals surface area contributed by atoms with Gasteiger partial charge in [-0.15, -0.1) is 0 Å². The van der Waals surface area contributed by atoms with E-state index in [0.717, 1.165) is 6.42 Å². The number of nitrogens with zero attached hydrogens (tertiary/aromatic N) is 1.